The van der Waals surface area contributed by atoms with Gasteiger partial charge in [0.2, 0.25) is 5.88 Å². The summed E-state index contributed by atoms with van der Waals surface area (Å²) in [7, 11) is 0. The van der Waals surface area contributed by atoms with Crippen LogP contribution in [0.4, 0.5) is 0 Å². The number of halogens is 2. The maximum Gasteiger partial charge on any atom is 0.219 e. The van der Waals surface area contributed by atoms with E-state index in [4.69, 9.17) is 21.6 Å². The van der Waals surface area contributed by atoms with Crippen LogP contribution in [0.25, 0.3) is 0 Å². The SMILES string of the molecule is N#Cc1ccc(Oc2ccc(Cl)cc2Br)nc1. The van der Waals surface area contributed by atoms with E-state index in [2.05, 4.69) is 20.9 Å². The van der Waals surface area contributed by atoms with Crippen molar-refractivity contribution in [2.45, 2.75) is 0 Å². The summed E-state index contributed by atoms with van der Waals surface area (Å²) in [5, 5.41) is 9.26. The minimum absolute atomic E-state index is 0.423. The molecule has 2 aromatic rings. The Bertz CT molecular complexity index is 578. The van der Waals surface area contributed by atoms with Crippen molar-refractivity contribution >= 4 is 27.5 Å². The normalized spacial score (nSPS) is 9.71. The molecule has 0 N–H and O–H groups in total. The highest BCUT2D eigenvalue weighted by Crippen LogP contribution is 2.30. The predicted octanol–water partition coefficient (Wildman–Crippen LogP) is 4.16. The molecule has 0 saturated heterocycles. The van der Waals surface area contributed by atoms with E-state index in [0.29, 0.717) is 22.2 Å². The zero-order chi connectivity index (χ0) is 12.3. The molecule has 0 saturated carbocycles. The molecule has 0 spiro atoms. The van der Waals surface area contributed by atoms with Gasteiger partial charge in [-0.3, -0.25) is 0 Å². The Balaban J connectivity index is 2.23. The van der Waals surface area contributed by atoms with Crippen molar-refractivity contribution in [1.82, 2.24) is 4.98 Å². The number of pyridine rings is 1. The van der Waals surface area contributed by atoms with E-state index in [1.165, 1.54) is 6.20 Å². The molecule has 0 aliphatic carbocycles. The monoisotopic (exact) mass is 308 g/mol. The molecule has 17 heavy (non-hydrogen) atoms. The number of benzene rings is 1. The third-order valence-electron chi connectivity index (χ3n) is 1.97. The quantitative estimate of drug-likeness (QED) is 0.836. The van der Waals surface area contributed by atoms with E-state index in [0.717, 1.165) is 4.47 Å². The van der Waals surface area contributed by atoms with E-state index < -0.39 is 0 Å². The zero-order valence-corrected chi connectivity index (χ0v) is 10.9. The largest absolute Gasteiger partial charge is 0.438 e. The van der Waals surface area contributed by atoms with Crippen molar-refractivity contribution in [3.63, 3.8) is 0 Å². The van der Waals surface area contributed by atoms with Crippen LogP contribution in [0.5, 0.6) is 11.6 Å². The number of hydrogen-bond donors (Lipinski definition) is 0. The standard InChI is InChI=1S/C12H6BrClN2O/c13-10-5-9(14)2-3-11(10)17-12-4-1-8(6-15)7-16-12/h1-5,7H. The van der Waals surface area contributed by atoms with Crippen molar-refractivity contribution < 1.29 is 4.74 Å². The van der Waals surface area contributed by atoms with Crippen LogP contribution in [-0.2, 0) is 0 Å². The first-order valence-corrected chi connectivity index (χ1v) is 5.85. The van der Waals surface area contributed by atoms with Crippen LogP contribution in [0.2, 0.25) is 5.02 Å². The van der Waals surface area contributed by atoms with Crippen LogP contribution in [0, 0.1) is 11.3 Å². The molecule has 3 nitrogen and oxygen atoms in total. The van der Waals surface area contributed by atoms with Gasteiger partial charge in [0, 0.05) is 17.3 Å². The second-order valence-electron chi connectivity index (χ2n) is 3.17. The van der Waals surface area contributed by atoms with Gasteiger partial charge < -0.3 is 4.74 Å². The van der Waals surface area contributed by atoms with E-state index >= 15 is 0 Å². The van der Waals surface area contributed by atoms with Gasteiger partial charge in [-0.15, -0.1) is 0 Å². The lowest BCUT2D eigenvalue weighted by molar-refractivity contribution is 0.460. The molecule has 0 unspecified atom stereocenters. The molecular formula is C12H6BrClN2O. The number of hydrogen-bond acceptors (Lipinski definition) is 3. The van der Waals surface area contributed by atoms with Crippen LogP contribution in [0.15, 0.2) is 41.0 Å². The van der Waals surface area contributed by atoms with Gasteiger partial charge in [-0.1, -0.05) is 11.6 Å². The predicted molar refractivity (Wildman–Crippen MR) is 68.2 cm³/mol. The number of nitriles is 1. The van der Waals surface area contributed by atoms with Crippen LogP contribution in [0.1, 0.15) is 5.56 Å². The van der Waals surface area contributed by atoms with Gasteiger partial charge in [0.25, 0.3) is 0 Å². The van der Waals surface area contributed by atoms with Gasteiger partial charge >= 0.3 is 0 Å². The average Bonchev–Trinajstić information content (AvgIpc) is 2.34. The third kappa shape index (κ3) is 2.96. The minimum atomic E-state index is 0.423. The fraction of sp³-hybridized carbons (Fsp3) is 0. The summed E-state index contributed by atoms with van der Waals surface area (Å²) in [4.78, 5) is 4.01. The Hall–Kier alpha value is -1.57. The highest BCUT2D eigenvalue weighted by Gasteiger charge is 2.04. The zero-order valence-electron chi connectivity index (χ0n) is 8.52. The first kappa shape index (κ1) is 11.9. The maximum atomic E-state index is 8.64. The number of ether oxygens (including phenoxy) is 1. The first-order valence-electron chi connectivity index (χ1n) is 4.68. The number of aromatic nitrogens is 1. The Kier molecular flexibility index (Phi) is 3.62. The van der Waals surface area contributed by atoms with Crippen molar-refractivity contribution in [3.05, 3.63) is 51.6 Å². The van der Waals surface area contributed by atoms with Crippen molar-refractivity contribution in [2.24, 2.45) is 0 Å². The summed E-state index contributed by atoms with van der Waals surface area (Å²) in [6.45, 7) is 0. The molecule has 0 bridgehead atoms. The molecule has 0 aliphatic heterocycles. The Morgan fingerprint density at radius 1 is 1.29 bits per heavy atom. The lowest BCUT2D eigenvalue weighted by Crippen LogP contribution is -1.89. The summed E-state index contributed by atoms with van der Waals surface area (Å²) >= 11 is 9.17. The second kappa shape index (κ2) is 5.17. The van der Waals surface area contributed by atoms with Gasteiger partial charge in [0.15, 0.2) is 0 Å². The Labute approximate surface area is 112 Å². The first-order chi connectivity index (χ1) is 8.19. The molecule has 0 aliphatic rings. The fourth-order valence-corrected chi connectivity index (χ4v) is 1.94. The van der Waals surface area contributed by atoms with Gasteiger partial charge in [0.1, 0.15) is 11.8 Å². The fourth-order valence-electron chi connectivity index (χ4n) is 1.18. The minimum Gasteiger partial charge on any atom is -0.438 e. The third-order valence-corrected chi connectivity index (χ3v) is 2.83. The number of nitrogens with zero attached hydrogens (tertiary/aromatic N) is 2. The molecule has 1 heterocycles. The molecule has 5 heteroatoms. The maximum absolute atomic E-state index is 8.64. The van der Waals surface area contributed by atoms with Gasteiger partial charge in [-0.2, -0.15) is 5.26 Å². The summed E-state index contributed by atoms with van der Waals surface area (Å²) < 4.78 is 6.28. The van der Waals surface area contributed by atoms with Gasteiger partial charge in [-0.05, 0) is 40.2 Å². The van der Waals surface area contributed by atoms with E-state index in [1.807, 2.05) is 6.07 Å². The number of rotatable bonds is 2. The molecule has 0 radical (unpaired) electrons. The lowest BCUT2D eigenvalue weighted by Gasteiger charge is -2.06. The molecule has 1 aromatic carbocycles. The van der Waals surface area contributed by atoms with E-state index in [1.54, 1.807) is 30.3 Å². The van der Waals surface area contributed by atoms with Crippen LogP contribution in [0.3, 0.4) is 0 Å². The highest BCUT2D eigenvalue weighted by atomic mass is 79.9. The average molecular weight is 310 g/mol. The summed E-state index contributed by atoms with van der Waals surface area (Å²) in [6, 6.07) is 10.5. The molecule has 84 valence electrons. The smallest absolute Gasteiger partial charge is 0.219 e. The van der Waals surface area contributed by atoms with Gasteiger partial charge in [0.05, 0.1) is 10.0 Å². The molecule has 1 aromatic heterocycles. The summed E-state index contributed by atoms with van der Waals surface area (Å²) in [6.07, 6.45) is 1.46. The van der Waals surface area contributed by atoms with Crippen molar-refractivity contribution in [3.8, 4) is 17.7 Å². The lowest BCUT2D eigenvalue weighted by atomic mass is 10.3. The molecular weight excluding hydrogens is 304 g/mol. The van der Waals surface area contributed by atoms with Crippen molar-refractivity contribution in [2.75, 3.05) is 0 Å². The Morgan fingerprint density at radius 2 is 2.12 bits per heavy atom. The highest BCUT2D eigenvalue weighted by molar-refractivity contribution is 9.10. The van der Waals surface area contributed by atoms with Crippen molar-refractivity contribution in [1.29, 1.82) is 5.26 Å². The Morgan fingerprint density at radius 3 is 2.71 bits per heavy atom. The van der Waals surface area contributed by atoms with E-state index in [-0.39, 0.29) is 0 Å². The van der Waals surface area contributed by atoms with Crippen LogP contribution < -0.4 is 4.74 Å². The summed E-state index contributed by atoms with van der Waals surface area (Å²) in [5.41, 5.74) is 0.493. The van der Waals surface area contributed by atoms with Crippen LogP contribution in [-0.4, -0.2) is 4.98 Å². The van der Waals surface area contributed by atoms with Gasteiger partial charge in [-0.25, -0.2) is 4.98 Å². The molecule has 0 atom stereocenters. The van der Waals surface area contributed by atoms with E-state index in [9.17, 15) is 0 Å². The molecule has 2 rings (SSSR count). The molecule has 0 amide bonds. The second-order valence-corrected chi connectivity index (χ2v) is 4.46. The topological polar surface area (TPSA) is 45.9 Å². The summed E-state index contributed by atoms with van der Waals surface area (Å²) in [5.74, 6) is 1.04. The molecule has 0 fully saturated rings. The van der Waals surface area contributed by atoms with Crippen LogP contribution >= 0.6 is 27.5 Å².